The second-order valence-corrected chi connectivity index (χ2v) is 5.22. The molecule has 1 aliphatic carbocycles. The Morgan fingerprint density at radius 1 is 1.00 bits per heavy atom. The standard InChI is InChI=1S/C14H14S/c1-2-5-11(6-3-1)14(12-8-9-12)13-7-4-10-15-13/h1-7,10,12,14H,8-9H2. The Hall–Kier alpha value is -1.08. The Balaban J connectivity index is 1.98. The molecule has 1 saturated carbocycles. The van der Waals surface area contributed by atoms with E-state index < -0.39 is 0 Å². The molecule has 2 aromatic rings. The van der Waals surface area contributed by atoms with Crippen LogP contribution < -0.4 is 0 Å². The second-order valence-electron chi connectivity index (χ2n) is 4.24. The van der Waals surface area contributed by atoms with E-state index in [0.717, 1.165) is 5.92 Å². The number of hydrogen-bond donors (Lipinski definition) is 0. The van der Waals surface area contributed by atoms with Crippen molar-refractivity contribution in [2.75, 3.05) is 0 Å². The van der Waals surface area contributed by atoms with Crippen molar-refractivity contribution in [2.45, 2.75) is 18.8 Å². The summed E-state index contributed by atoms with van der Waals surface area (Å²) in [6, 6.07) is 15.4. The van der Waals surface area contributed by atoms with Crippen LogP contribution in [0.15, 0.2) is 47.8 Å². The molecule has 1 fully saturated rings. The van der Waals surface area contributed by atoms with Crippen LogP contribution in [0.2, 0.25) is 0 Å². The first-order valence-corrected chi connectivity index (χ1v) is 6.41. The summed E-state index contributed by atoms with van der Waals surface area (Å²) in [7, 11) is 0. The minimum absolute atomic E-state index is 0.659. The van der Waals surface area contributed by atoms with Crippen molar-refractivity contribution in [3.63, 3.8) is 0 Å². The molecule has 0 nitrogen and oxygen atoms in total. The molecule has 0 aliphatic heterocycles. The summed E-state index contributed by atoms with van der Waals surface area (Å²) in [6.45, 7) is 0. The highest BCUT2D eigenvalue weighted by atomic mass is 32.1. The molecule has 0 amide bonds. The first kappa shape index (κ1) is 9.17. The summed E-state index contributed by atoms with van der Waals surface area (Å²) in [5.74, 6) is 1.55. The van der Waals surface area contributed by atoms with Gasteiger partial charge >= 0.3 is 0 Å². The number of rotatable bonds is 3. The highest BCUT2D eigenvalue weighted by molar-refractivity contribution is 7.10. The summed E-state index contributed by atoms with van der Waals surface area (Å²) < 4.78 is 0. The lowest BCUT2D eigenvalue weighted by atomic mass is 9.93. The fourth-order valence-corrected chi connectivity index (χ4v) is 3.17. The van der Waals surface area contributed by atoms with E-state index in [9.17, 15) is 0 Å². The maximum atomic E-state index is 2.28. The smallest absolute Gasteiger partial charge is 0.0212 e. The summed E-state index contributed by atoms with van der Waals surface area (Å²) in [5.41, 5.74) is 1.49. The van der Waals surface area contributed by atoms with E-state index in [0.29, 0.717) is 5.92 Å². The van der Waals surface area contributed by atoms with Crippen LogP contribution in [0.1, 0.15) is 29.2 Å². The lowest BCUT2D eigenvalue weighted by Crippen LogP contribution is -2.00. The van der Waals surface area contributed by atoms with Crippen LogP contribution in [0.3, 0.4) is 0 Å². The van der Waals surface area contributed by atoms with E-state index in [2.05, 4.69) is 47.8 Å². The van der Waals surface area contributed by atoms with Gasteiger partial charge in [-0.05, 0) is 35.8 Å². The molecule has 1 heterocycles. The Bertz CT molecular complexity index is 412. The topological polar surface area (TPSA) is 0 Å². The summed E-state index contributed by atoms with van der Waals surface area (Å²) in [6.07, 6.45) is 2.80. The maximum Gasteiger partial charge on any atom is 0.0212 e. The number of thiophene rings is 1. The van der Waals surface area contributed by atoms with Gasteiger partial charge in [-0.25, -0.2) is 0 Å². The van der Waals surface area contributed by atoms with Crippen molar-refractivity contribution in [2.24, 2.45) is 5.92 Å². The third kappa shape index (κ3) is 1.84. The van der Waals surface area contributed by atoms with Gasteiger partial charge in [0.05, 0.1) is 0 Å². The van der Waals surface area contributed by atoms with Crippen LogP contribution >= 0.6 is 11.3 Å². The van der Waals surface area contributed by atoms with Crippen molar-refractivity contribution in [3.8, 4) is 0 Å². The molecule has 1 heteroatoms. The van der Waals surface area contributed by atoms with Crippen LogP contribution in [0, 0.1) is 5.92 Å². The van der Waals surface area contributed by atoms with Gasteiger partial charge in [0.2, 0.25) is 0 Å². The molecule has 0 bridgehead atoms. The zero-order chi connectivity index (χ0) is 10.1. The maximum absolute atomic E-state index is 2.28. The van der Waals surface area contributed by atoms with Crippen molar-refractivity contribution in [3.05, 3.63) is 58.3 Å². The van der Waals surface area contributed by atoms with Gasteiger partial charge in [-0.2, -0.15) is 0 Å². The van der Waals surface area contributed by atoms with Gasteiger partial charge < -0.3 is 0 Å². The zero-order valence-electron chi connectivity index (χ0n) is 8.60. The van der Waals surface area contributed by atoms with E-state index in [1.165, 1.54) is 23.3 Å². The third-order valence-electron chi connectivity index (χ3n) is 3.10. The van der Waals surface area contributed by atoms with Gasteiger partial charge in [0, 0.05) is 10.8 Å². The molecule has 15 heavy (non-hydrogen) atoms. The van der Waals surface area contributed by atoms with E-state index in [-0.39, 0.29) is 0 Å². The average Bonchev–Trinajstić information content (AvgIpc) is 2.96. The van der Waals surface area contributed by atoms with Crippen molar-refractivity contribution < 1.29 is 0 Å². The molecule has 1 aliphatic rings. The molecule has 1 atom stereocenters. The monoisotopic (exact) mass is 214 g/mol. The molecular formula is C14H14S. The fourth-order valence-electron chi connectivity index (χ4n) is 2.23. The van der Waals surface area contributed by atoms with Gasteiger partial charge in [-0.15, -0.1) is 11.3 Å². The second kappa shape index (κ2) is 3.82. The molecule has 0 radical (unpaired) electrons. The average molecular weight is 214 g/mol. The zero-order valence-corrected chi connectivity index (χ0v) is 9.41. The van der Waals surface area contributed by atoms with E-state index in [1.54, 1.807) is 0 Å². The largest absolute Gasteiger partial charge is 0.148 e. The van der Waals surface area contributed by atoms with Gasteiger partial charge in [-0.3, -0.25) is 0 Å². The molecule has 1 unspecified atom stereocenters. The first-order valence-electron chi connectivity index (χ1n) is 5.53. The molecular weight excluding hydrogens is 200 g/mol. The summed E-state index contributed by atoms with van der Waals surface area (Å²) in [4.78, 5) is 1.53. The summed E-state index contributed by atoms with van der Waals surface area (Å²) >= 11 is 1.89. The predicted octanol–water partition coefficient (Wildman–Crippen LogP) is 4.29. The van der Waals surface area contributed by atoms with Gasteiger partial charge in [0.25, 0.3) is 0 Å². The van der Waals surface area contributed by atoms with E-state index >= 15 is 0 Å². The molecule has 1 aromatic carbocycles. The Labute approximate surface area is 94.6 Å². The lowest BCUT2D eigenvalue weighted by Gasteiger charge is -2.14. The molecule has 0 spiro atoms. The van der Waals surface area contributed by atoms with Crippen molar-refractivity contribution >= 4 is 11.3 Å². The highest BCUT2D eigenvalue weighted by Crippen LogP contribution is 2.47. The quantitative estimate of drug-likeness (QED) is 0.715. The Morgan fingerprint density at radius 2 is 1.80 bits per heavy atom. The van der Waals surface area contributed by atoms with Gasteiger partial charge in [0.15, 0.2) is 0 Å². The first-order chi connectivity index (χ1) is 7.45. The lowest BCUT2D eigenvalue weighted by molar-refractivity contribution is 0.716. The van der Waals surface area contributed by atoms with Crippen LogP contribution in [0.4, 0.5) is 0 Å². The van der Waals surface area contributed by atoms with Crippen LogP contribution in [0.5, 0.6) is 0 Å². The van der Waals surface area contributed by atoms with E-state index in [1.807, 2.05) is 11.3 Å². The molecule has 0 saturated heterocycles. The van der Waals surface area contributed by atoms with Crippen LogP contribution in [-0.2, 0) is 0 Å². The van der Waals surface area contributed by atoms with Crippen molar-refractivity contribution in [1.82, 2.24) is 0 Å². The summed E-state index contributed by atoms with van der Waals surface area (Å²) in [5, 5.41) is 2.19. The molecule has 1 aromatic heterocycles. The SMILES string of the molecule is c1ccc(C(c2cccs2)C2CC2)cc1. The van der Waals surface area contributed by atoms with Crippen LogP contribution in [-0.4, -0.2) is 0 Å². The minimum atomic E-state index is 0.659. The normalized spacial score (nSPS) is 17.6. The number of benzene rings is 1. The Morgan fingerprint density at radius 3 is 2.40 bits per heavy atom. The molecule has 3 rings (SSSR count). The fraction of sp³-hybridized carbons (Fsp3) is 0.286. The number of hydrogen-bond acceptors (Lipinski definition) is 1. The molecule has 0 N–H and O–H groups in total. The van der Waals surface area contributed by atoms with Gasteiger partial charge in [-0.1, -0.05) is 36.4 Å². The third-order valence-corrected chi connectivity index (χ3v) is 4.06. The predicted molar refractivity (Wildman–Crippen MR) is 65.3 cm³/mol. The van der Waals surface area contributed by atoms with Crippen molar-refractivity contribution in [1.29, 1.82) is 0 Å². The van der Waals surface area contributed by atoms with Crippen LogP contribution in [0.25, 0.3) is 0 Å². The Kier molecular flexibility index (Phi) is 2.34. The molecule has 76 valence electrons. The van der Waals surface area contributed by atoms with Gasteiger partial charge in [0.1, 0.15) is 0 Å². The minimum Gasteiger partial charge on any atom is -0.148 e. The van der Waals surface area contributed by atoms with E-state index in [4.69, 9.17) is 0 Å². The highest BCUT2D eigenvalue weighted by Gasteiger charge is 2.33.